The summed E-state index contributed by atoms with van der Waals surface area (Å²) in [6, 6.07) is 20.9. The third-order valence-corrected chi connectivity index (χ3v) is 5.20. The first-order valence-electron chi connectivity index (χ1n) is 9.34. The van der Waals surface area contributed by atoms with Crippen LogP contribution in [0.3, 0.4) is 0 Å². The van der Waals surface area contributed by atoms with E-state index < -0.39 is 5.54 Å². The Bertz CT molecular complexity index is 1100. The molecule has 1 heterocycles. The van der Waals surface area contributed by atoms with Crippen molar-refractivity contribution in [2.75, 3.05) is 15.8 Å². The minimum Gasteiger partial charge on any atom is -0.733 e. The molecule has 154 valence electrons. The quantitative estimate of drug-likeness (QED) is 0.528. The predicted molar refractivity (Wildman–Crippen MR) is 116 cm³/mol. The number of anilines is 3. The van der Waals surface area contributed by atoms with Crippen LogP contribution in [0.15, 0.2) is 77.8 Å². The van der Waals surface area contributed by atoms with Crippen molar-refractivity contribution in [1.82, 2.24) is 0 Å². The van der Waals surface area contributed by atoms with E-state index in [2.05, 4.69) is 5.32 Å². The smallest absolute Gasteiger partial charge is 0.0864 e. The minimum atomic E-state index is -0.677. The van der Waals surface area contributed by atoms with Crippen molar-refractivity contribution >= 4 is 28.5 Å². The fourth-order valence-electron chi connectivity index (χ4n) is 3.65. The summed E-state index contributed by atoms with van der Waals surface area (Å²) in [7, 11) is 0. The van der Waals surface area contributed by atoms with Crippen LogP contribution in [-0.4, -0.2) is 16.1 Å². The molecule has 4 rings (SSSR count). The van der Waals surface area contributed by atoms with Gasteiger partial charge in [-0.05, 0) is 54.4 Å². The molecule has 0 saturated heterocycles. The first-order chi connectivity index (χ1) is 14.4. The lowest BCUT2D eigenvalue weighted by Gasteiger charge is -2.33. The van der Waals surface area contributed by atoms with E-state index in [4.69, 9.17) is 4.99 Å². The monoisotopic (exact) mass is 404 g/mol. The summed E-state index contributed by atoms with van der Waals surface area (Å²) in [6.07, 6.45) is 0.420. The molecule has 1 atom stereocenters. The van der Waals surface area contributed by atoms with Gasteiger partial charge in [-0.15, -0.1) is 0 Å². The van der Waals surface area contributed by atoms with Gasteiger partial charge in [-0.3, -0.25) is 15.4 Å². The predicted octanol–water partition coefficient (Wildman–Crippen LogP) is 4.93. The highest BCUT2D eigenvalue weighted by molar-refractivity contribution is 6.05. The van der Waals surface area contributed by atoms with Crippen LogP contribution >= 0.6 is 0 Å². The molecule has 3 N–H and O–H groups in total. The summed E-state index contributed by atoms with van der Waals surface area (Å²) in [6.45, 7) is 1.98. The van der Waals surface area contributed by atoms with Gasteiger partial charge in [-0.1, -0.05) is 36.4 Å². The van der Waals surface area contributed by atoms with Crippen LogP contribution in [0.1, 0.15) is 24.5 Å². The summed E-state index contributed by atoms with van der Waals surface area (Å²) >= 11 is 0. The Morgan fingerprint density at radius 1 is 0.900 bits per heavy atom. The Balaban J connectivity index is 1.85. The zero-order valence-corrected chi connectivity index (χ0v) is 16.2. The molecule has 0 radical (unpaired) electrons. The van der Waals surface area contributed by atoms with E-state index >= 15 is 0 Å². The van der Waals surface area contributed by atoms with Crippen molar-refractivity contribution in [2.45, 2.75) is 18.9 Å². The van der Waals surface area contributed by atoms with E-state index in [1.54, 1.807) is 24.3 Å². The molecule has 0 aromatic heterocycles. The van der Waals surface area contributed by atoms with Gasteiger partial charge in [-0.2, -0.15) is 0 Å². The van der Waals surface area contributed by atoms with Crippen LogP contribution in [0.4, 0.5) is 22.7 Å². The van der Waals surface area contributed by atoms with Crippen molar-refractivity contribution in [2.24, 2.45) is 4.99 Å². The van der Waals surface area contributed by atoms with Crippen LogP contribution in [-0.2, 0) is 5.54 Å². The van der Waals surface area contributed by atoms with Gasteiger partial charge in [0.1, 0.15) is 0 Å². The van der Waals surface area contributed by atoms with Crippen molar-refractivity contribution in [1.29, 1.82) is 0 Å². The molecule has 1 aliphatic rings. The third-order valence-electron chi connectivity index (χ3n) is 5.20. The number of rotatable bonds is 4. The normalized spacial score (nSPS) is 18.0. The standard InChI is InChI=1S/C22H20N4O4/c1-22(16-7-5-9-18(13-16)26(29)30)14-21(15-6-4-8-17(12-15)25(27)28)23-19-10-2-3-11-20(19)24-22/h2-13,24,27,29H,14H2,1H3/q-2. The van der Waals surface area contributed by atoms with E-state index in [0.29, 0.717) is 17.7 Å². The summed E-state index contributed by atoms with van der Waals surface area (Å²) in [5.74, 6) is 0. The molecule has 3 aromatic carbocycles. The lowest BCUT2D eigenvalue weighted by Crippen LogP contribution is -2.34. The average Bonchev–Trinajstić information content (AvgIpc) is 2.90. The van der Waals surface area contributed by atoms with Gasteiger partial charge < -0.3 is 26.2 Å². The average molecular weight is 404 g/mol. The van der Waals surface area contributed by atoms with Crippen LogP contribution in [0.25, 0.3) is 0 Å². The van der Waals surface area contributed by atoms with Crippen molar-refractivity contribution in [3.8, 4) is 0 Å². The zero-order valence-electron chi connectivity index (χ0n) is 16.2. The van der Waals surface area contributed by atoms with Crippen molar-refractivity contribution in [3.05, 3.63) is 94.3 Å². The number of aliphatic imine (C=N–C) groups is 1. The first-order valence-corrected chi connectivity index (χ1v) is 9.34. The summed E-state index contributed by atoms with van der Waals surface area (Å²) in [4.78, 5) is 4.82. The fraction of sp³-hybridized carbons (Fsp3) is 0.136. The Morgan fingerprint density at radius 3 is 2.30 bits per heavy atom. The minimum absolute atomic E-state index is 0.103. The Hall–Kier alpha value is -3.43. The largest absolute Gasteiger partial charge is 0.733 e. The second kappa shape index (κ2) is 7.77. The number of para-hydroxylation sites is 2. The van der Waals surface area contributed by atoms with Gasteiger partial charge in [0, 0.05) is 6.42 Å². The van der Waals surface area contributed by atoms with Crippen molar-refractivity contribution in [3.63, 3.8) is 0 Å². The van der Waals surface area contributed by atoms with Gasteiger partial charge in [0.15, 0.2) is 0 Å². The molecule has 1 unspecified atom stereocenters. The Kier molecular flexibility index (Phi) is 5.15. The van der Waals surface area contributed by atoms with E-state index in [1.807, 2.05) is 43.3 Å². The molecule has 8 heteroatoms. The number of hydrogen-bond donors (Lipinski definition) is 3. The lowest BCUT2D eigenvalue weighted by molar-refractivity contribution is 0.296. The third kappa shape index (κ3) is 3.85. The van der Waals surface area contributed by atoms with Crippen LogP contribution < -0.4 is 15.8 Å². The molecular formula is C22H20N4O4-2. The van der Waals surface area contributed by atoms with Crippen LogP contribution in [0, 0.1) is 10.4 Å². The second-order valence-corrected chi connectivity index (χ2v) is 7.36. The van der Waals surface area contributed by atoms with Gasteiger partial charge in [0.2, 0.25) is 0 Å². The number of benzene rings is 3. The van der Waals surface area contributed by atoms with Crippen molar-refractivity contribution < 1.29 is 10.4 Å². The first kappa shape index (κ1) is 19.9. The molecule has 0 fully saturated rings. The Morgan fingerprint density at radius 2 is 1.57 bits per heavy atom. The molecule has 0 amide bonds. The highest BCUT2D eigenvalue weighted by atomic mass is 16.8. The molecule has 1 aliphatic heterocycles. The molecule has 30 heavy (non-hydrogen) atoms. The van der Waals surface area contributed by atoms with Gasteiger partial charge in [-0.25, -0.2) is 0 Å². The molecule has 0 saturated carbocycles. The molecule has 0 bridgehead atoms. The van der Waals surface area contributed by atoms with E-state index in [1.165, 1.54) is 12.1 Å². The maximum Gasteiger partial charge on any atom is 0.0864 e. The number of fused-ring (bicyclic) bond motifs is 1. The summed E-state index contributed by atoms with van der Waals surface area (Å²) in [5.41, 5.74) is 3.26. The van der Waals surface area contributed by atoms with E-state index in [0.717, 1.165) is 16.9 Å². The maximum atomic E-state index is 11.4. The number of nitrogens with one attached hydrogen (secondary N) is 1. The highest BCUT2D eigenvalue weighted by Gasteiger charge is 2.32. The Labute approximate surface area is 173 Å². The summed E-state index contributed by atoms with van der Waals surface area (Å²) in [5, 5.41) is 44.6. The van der Waals surface area contributed by atoms with E-state index in [-0.39, 0.29) is 21.8 Å². The molecule has 0 aliphatic carbocycles. The summed E-state index contributed by atoms with van der Waals surface area (Å²) < 4.78 is 0. The molecule has 0 spiro atoms. The van der Waals surface area contributed by atoms with Crippen LogP contribution in [0.2, 0.25) is 0 Å². The SMILES string of the molecule is CC1(c2cccc(N([O-])O)c2)CC(c2cccc(N([O-])O)c2)=Nc2ccccc2N1. The molecular weight excluding hydrogens is 384 g/mol. The van der Waals surface area contributed by atoms with Crippen LogP contribution in [0.5, 0.6) is 0 Å². The fourth-order valence-corrected chi connectivity index (χ4v) is 3.65. The van der Waals surface area contributed by atoms with Gasteiger partial charge >= 0.3 is 0 Å². The van der Waals surface area contributed by atoms with E-state index in [9.17, 15) is 20.8 Å². The molecule has 3 aromatic rings. The lowest BCUT2D eigenvalue weighted by atomic mass is 9.84. The second-order valence-electron chi connectivity index (χ2n) is 7.36. The molecule has 8 nitrogen and oxygen atoms in total. The number of nitrogens with zero attached hydrogens (tertiary/aromatic N) is 3. The maximum absolute atomic E-state index is 11.4. The number of hydrogen-bond acceptors (Lipinski definition) is 8. The highest BCUT2D eigenvalue weighted by Crippen LogP contribution is 2.40. The topological polar surface area (TPSA) is 117 Å². The van der Waals surface area contributed by atoms with Gasteiger partial charge in [0.25, 0.3) is 0 Å². The van der Waals surface area contributed by atoms with Gasteiger partial charge in [0.05, 0.1) is 34.0 Å². The zero-order chi connectivity index (χ0) is 21.3.